The largest absolute Gasteiger partial charge is 0.493 e. The van der Waals surface area contributed by atoms with Crippen molar-refractivity contribution in [1.82, 2.24) is 0 Å². The highest BCUT2D eigenvalue weighted by atomic mass is 79.9. The van der Waals surface area contributed by atoms with E-state index in [1.165, 1.54) is 0 Å². The lowest BCUT2D eigenvalue weighted by molar-refractivity contribution is 0.355. The topological polar surface area (TPSA) is 30.5 Å². The van der Waals surface area contributed by atoms with Crippen LogP contribution in [0.5, 0.6) is 11.5 Å². The minimum absolute atomic E-state index is 0.634. The lowest BCUT2D eigenvalue weighted by Crippen LogP contribution is -2.03. The van der Waals surface area contributed by atoms with E-state index >= 15 is 0 Å². The number of ether oxygens (including phenoxy) is 2. The summed E-state index contributed by atoms with van der Waals surface area (Å²) in [6, 6.07) is 9.69. The molecule has 0 saturated carbocycles. The first-order chi connectivity index (χ1) is 10.0. The summed E-state index contributed by atoms with van der Waals surface area (Å²) in [5.74, 6) is 1.42. The molecular weight excluding hydrogens is 354 g/mol. The third-order valence-electron chi connectivity index (χ3n) is 3.21. The standard InChI is InChI=1S/C16H17BrClNO2/c1-10-6-15(20-2)16(21-3)8-14(10)19-9-11-7-12(17)4-5-13(11)18/h4-8,19H,9H2,1-3H3. The Kier molecular flexibility index (Phi) is 5.37. The van der Waals surface area contributed by atoms with Crippen LogP contribution in [-0.4, -0.2) is 14.2 Å². The minimum Gasteiger partial charge on any atom is -0.493 e. The molecule has 0 aliphatic heterocycles. The third-order valence-corrected chi connectivity index (χ3v) is 4.07. The van der Waals surface area contributed by atoms with Gasteiger partial charge < -0.3 is 14.8 Å². The van der Waals surface area contributed by atoms with Crippen molar-refractivity contribution in [2.24, 2.45) is 0 Å². The molecule has 1 N–H and O–H groups in total. The van der Waals surface area contributed by atoms with Crippen LogP contribution in [0.15, 0.2) is 34.8 Å². The molecule has 0 radical (unpaired) electrons. The SMILES string of the molecule is COc1cc(C)c(NCc2cc(Br)ccc2Cl)cc1OC. The van der Waals surface area contributed by atoms with Crippen molar-refractivity contribution in [2.75, 3.05) is 19.5 Å². The van der Waals surface area contributed by atoms with Gasteiger partial charge in [-0.1, -0.05) is 27.5 Å². The lowest BCUT2D eigenvalue weighted by atomic mass is 10.1. The molecule has 0 bridgehead atoms. The van der Waals surface area contributed by atoms with E-state index in [0.717, 1.165) is 32.1 Å². The van der Waals surface area contributed by atoms with Gasteiger partial charge in [-0.05, 0) is 42.3 Å². The van der Waals surface area contributed by atoms with Crippen molar-refractivity contribution in [1.29, 1.82) is 0 Å². The molecule has 0 saturated heterocycles. The predicted molar refractivity (Wildman–Crippen MR) is 90.8 cm³/mol. The number of methoxy groups -OCH3 is 2. The second-order valence-corrected chi connectivity index (χ2v) is 5.93. The van der Waals surface area contributed by atoms with Crippen molar-refractivity contribution in [3.05, 3.63) is 51.0 Å². The van der Waals surface area contributed by atoms with Gasteiger partial charge in [-0.25, -0.2) is 0 Å². The molecule has 0 fully saturated rings. The second kappa shape index (κ2) is 7.05. The van der Waals surface area contributed by atoms with Crippen molar-refractivity contribution >= 4 is 33.2 Å². The molecule has 3 nitrogen and oxygen atoms in total. The molecule has 5 heteroatoms. The molecule has 2 rings (SSSR count). The van der Waals surface area contributed by atoms with Crippen LogP contribution in [0.1, 0.15) is 11.1 Å². The molecule has 21 heavy (non-hydrogen) atoms. The van der Waals surface area contributed by atoms with Gasteiger partial charge in [0, 0.05) is 27.8 Å². The van der Waals surface area contributed by atoms with Crippen molar-refractivity contribution < 1.29 is 9.47 Å². The van der Waals surface area contributed by atoms with Gasteiger partial charge in [0.2, 0.25) is 0 Å². The minimum atomic E-state index is 0.634. The van der Waals surface area contributed by atoms with E-state index in [4.69, 9.17) is 21.1 Å². The summed E-state index contributed by atoms with van der Waals surface area (Å²) in [5.41, 5.74) is 3.10. The Hall–Kier alpha value is -1.39. The molecule has 0 spiro atoms. The van der Waals surface area contributed by atoms with E-state index in [9.17, 15) is 0 Å². The Labute approximate surface area is 138 Å². The fourth-order valence-electron chi connectivity index (χ4n) is 2.04. The van der Waals surface area contributed by atoms with Gasteiger partial charge in [0.15, 0.2) is 11.5 Å². The highest BCUT2D eigenvalue weighted by Gasteiger charge is 2.09. The van der Waals surface area contributed by atoms with E-state index in [1.54, 1.807) is 14.2 Å². The van der Waals surface area contributed by atoms with E-state index < -0.39 is 0 Å². The highest BCUT2D eigenvalue weighted by Crippen LogP contribution is 2.33. The second-order valence-electron chi connectivity index (χ2n) is 4.61. The summed E-state index contributed by atoms with van der Waals surface area (Å²) in [4.78, 5) is 0. The van der Waals surface area contributed by atoms with Crippen LogP contribution >= 0.6 is 27.5 Å². The zero-order chi connectivity index (χ0) is 15.4. The van der Waals surface area contributed by atoms with Gasteiger partial charge in [-0.15, -0.1) is 0 Å². The van der Waals surface area contributed by atoms with E-state index in [2.05, 4.69) is 21.2 Å². The van der Waals surface area contributed by atoms with Gasteiger partial charge >= 0.3 is 0 Å². The molecule has 0 unspecified atom stereocenters. The van der Waals surface area contributed by atoms with Gasteiger partial charge in [0.25, 0.3) is 0 Å². The summed E-state index contributed by atoms with van der Waals surface area (Å²) < 4.78 is 11.6. The van der Waals surface area contributed by atoms with Crippen LogP contribution in [0.3, 0.4) is 0 Å². The van der Waals surface area contributed by atoms with Crippen LogP contribution in [0, 0.1) is 6.92 Å². The van der Waals surface area contributed by atoms with Gasteiger partial charge in [-0.2, -0.15) is 0 Å². The van der Waals surface area contributed by atoms with Crippen LogP contribution in [-0.2, 0) is 6.54 Å². The summed E-state index contributed by atoms with van der Waals surface area (Å²) in [5, 5.41) is 4.12. The quantitative estimate of drug-likeness (QED) is 0.800. The molecule has 0 heterocycles. The predicted octanol–water partition coefficient (Wildman–Crippen LogP) is 5.04. The molecule has 2 aromatic carbocycles. The maximum atomic E-state index is 6.20. The van der Waals surface area contributed by atoms with Gasteiger partial charge in [0.1, 0.15) is 0 Å². The molecule has 0 aliphatic rings. The van der Waals surface area contributed by atoms with Crippen molar-refractivity contribution in [3.8, 4) is 11.5 Å². The first-order valence-electron chi connectivity index (χ1n) is 6.45. The summed E-state index contributed by atoms with van der Waals surface area (Å²) in [7, 11) is 3.26. The lowest BCUT2D eigenvalue weighted by Gasteiger charge is -2.15. The maximum Gasteiger partial charge on any atom is 0.162 e. The molecule has 0 aliphatic carbocycles. The first kappa shape index (κ1) is 16.0. The number of benzene rings is 2. The smallest absolute Gasteiger partial charge is 0.162 e. The van der Waals surface area contributed by atoms with Crippen molar-refractivity contribution in [2.45, 2.75) is 13.5 Å². The number of halogens is 2. The fourth-order valence-corrected chi connectivity index (χ4v) is 2.63. The summed E-state index contributed by atoms with van der Waals surface area (Å²) in [6.45, 7) is 2.65. The van der Waals surface area contributed by atoms with Crippen molar-refractivity contribution in [3.63, 3.8) is 0 Å². The Morgan fingerprint density at radius 2 is 1.76 bits per heavy atom. The normalized spacial score (nSPS) is 10.3. The van der Waals surface area contributed by atoms with Gasteiger partial charge in [0.05, 0.1) is 14.2 Å². The maximum absolute atomic E-state index is 6.20. The first-order valence-corrected chi connectivity index (χ1v) is 7.62. The Bertz CT molecular complexity index is 646. The zero-order valence-corrected chi connectivity index (χ0v) is 14.5. The van der Waals surface area contributed by atoms with Crippen LogP contribution in [0.25, 0.3) is 0 Å². The Morgan fingerprint density at radius 3 is 2.43 bits per heavy atom. The number of nitrogens with one attached hydrogen (secondary N) is 1. The zero-order valence-electron chi connectivity index (χ0n) is 12.2. The van der Waals surface area contributed by atoms with E-state index in [1.807, 2.05) is 37.3 Å². The summed E-state index contributed by atoms with van der Waals surface area (Å²) in [6.07, 6.45) is 0. The number of hydrogen-bond donors (Lipinski definition) is 1. The number of anilines is 1. The molecule has 2 aromatic rings. The molecule has 0 atom stereocenters. The summed E-state index contributed by atoms with van der Waals surface area (Å²) >= 11 is 9.66. The monoisotopic (exact) mass is 369 g/mol. The Balaban J connectivity index is 2.21. The van der Waals surface area contributed by atoms with Crippen LogP contribution < -0.4 is 14.8 Å². The van der Waals surface area contributed by atoms with Crippen LogP contribution in [0.2, 0.25) is 5.02 Å². The third kappa shape index (κ3) is 3.83. The molecule has 0 aromatic heterocycles. The van der Waals surface area contributed by atoms with E-state index in [-0.39, 0.29) is 0 Å². The van der Waals surface area contributed by atoms with Gasteiger partial charge in [-0.3, -0.25) is 0 Å². The molecule has 112 valence electrons. The average molecular weight is 371 g/mol. The number of aryl methyl sites for hydroxylation is 1. The van der Waals surface area contributed by atoms with E-state index in [0.29, 0.717) is 12.3 Å². The molecular formula is C16H17BrClNO2. The Morgan fingerprint density at radius 1 is 1.10 bits per heavy atom. The van der Waals surface area contributed by atoms with Crippen LogP contribution in [0.4, 0.5) is 5.69 Å². The fraction of sp³-hybridized carbons (Fsp3) is 0.250. The average Bonchev–Trinajstić information content (AvgIpc) is 2.48. The highest BCUT2D eigenvalue weighted by molar-refractivity contribution is 9.10. The number of hydrogen-bond acceptors (Lipinski definition) is 3. The molecule has 0 amide bonds. The number of rotatable bonds is 5.